The summed E-state index contributed by atoms with van der Waals surface area (Å²) in [5.74, 6) is 0. The minimum atomic E-state index is -0.506. The molecule has 600 valence electrons. The fraction of sp³-hybridized carbons (Fsp3) is 0.0161. The molecular formula is C124H84N4. The SMILES string of the molecule is c1ccc(-c2ccc(N(c3ccc(-c4ccccc4)cc3)c3ccc4cc(-c5cccc6c5-c5ccccc5C65c6ccccc6N(c6ccccc6)c6ccccc65)ccc4c3)cc2)cc1.c1ccc(-c2ccc(N(c3ccccc3)c3ccc4cc(-c5cccc6c5-c5ccccc5C65c6ccccc6N(c6ccccc6)c6ccccc65)ccc4c3)cc2)cc1. The summed E-state index contributed by atoms with van der Waals surface area (Å²) in [6.45, 7) is 0. The zero-order valence-corrected chi connectivity index (χ0v) is 70.3. The van der Waals surface area contributed by atoms with E-state index in [1.54, 1.807) is 0 Å². The molecule has 25 rings (SSSR count). The van der Waals surface area contributed by atoms with E-state index < -0.39 is 10.8 Å². The fourth-order valence-corrected chi connectivity index (χ4v) is 21.4. The Bertz CT molecular complexity index is 7610. The second kappa shape index (κ2) is 31.3. The van der Waals surface area contributed by atoms with Crippen LogP contribution >= 0.6 is 0 Å². The third kappa shape index (κ3) is 12.3. The molecule has 0 radical (unpaired) electrons. The molecule has 0 aromatic heterocycles. The van der Waals surface area contributed by atoms with Crippen LogP contribution in [0.5, 0.6) is 0 Å². The smallest absolute Gasteiger partial charge is 0.0754 e. The standard InChI is InChI=1S/C65H44N2.C59H40N2/c1-4-17-45(18-5-1)47-33-38-53(39-34-47)66(54-40-35-48(36-41-54)46-19-6-2-7-20-46)55-42-37-49-43-51(32-31-50(49)44-55)56-24-16-28-61-64(56)57-23-10-11-25-58(57)65(61)59-26-12-14-29-62(59)67(52-21-8-3-9-22-52)63-30-15-13-27-60(63)65;1-4-17-41(18-5-1)42-33-36-48(37-34-42)60(46-19-6-2-7-20-46)49-38-35-43-39-45(32-31-44(43)40-49)50-24-16-28-55-58(50)51-23-10-11-25-52(51)59(55)53-26-12-14-29-56(53)61(47-21-8-3-9-22-47)57-30-15-13-27-54(57)59/h1-44H;1-40H. The summed E-state index contributed by atoms with van der Waals surface area (Å²) in [6.07, 6.45) is 0. The van der Waals surface area contributed by atoms with Gasteiger partial charge < -0.3 is 19.6 Å². The second-order valence-corrected chi connectivity index (χ2v) is 33.7. The Kier molecular flexibility index (Phi) is 18.4. The van der Waals surface area contributed by atoms with Gasteiger partial charge in [-0.1, -0.05) is 376 Å². The van der Waals surface area contributed by atoms with E-state index in [4.69, 9.17) is 0 Å². The van der Waals surface area contributed by atoms with Crippen LogP contribution in [0.25, 0.3) is 99.4 Å². The van der Waals surface area contributed by atoms with Crippen molar-refractivity contribution in [3.8, 4) is 77.9 Å². The van der Waals surface area contributed by atoms with Gasteiger partial charge in [0.1, 0.15) is 0 Å². The van der Waals surface area contributed by atoms with E-state index in [2.05, 4.69) is 529 Å². The monoisotopic (exact) mass is 1630 g/mol. The van der Waals surface area contributed by atoms with Crippen molar-refractivity contribution in [3.05, 3.63) is 554 Å². The van der Waals surface area contributed by atoms with Gasteiger partial charge in [-0.25, -0.2) is 0 Å². The Morgan fingerprint density at radius 1 is 0.148 bits per heavy atom. The minimum absolute atomic E-state index is 0.494. The number of anilines is 12. The van der Waals surface area contributed by atoms with Crippen molar-refractivity contribution in [1.82, 2.24) is 0 Å². The van der Waals surface area contributed by atoms with Gasteiger partial charge in [0, 0.05) is 45.5 Å². The van der Waals surface area contributed by atoms with Gasteiger partial charge in [0.25, 0.3) is 0 Å². The lowest BCUT2D eigenvalue weighted by atomic mass is 9.64. The van der Waals surface area contributed by atoms with Crippen molar-refractivity contribution in [1.29, 1.82) is 0 Å². The molecule has 0 unspecified atom stereocenters. The molecule has 4 nitrogen and oxygen atoms in total. The first kappa shape index (κ1) is 75.1. The quantitative estimate of drug-likeness (QED) is 0.114. The number of hydrogen-bond donors (Lipinski definition) is 0. The Hall–Kier alpha value is -16.7. The molecule has 0 atom stereocenters. The number of fused-ring (bicyclic) bond motifs is 20. The topological polar surface area (TPSA) is 13.0 Å². The highest BCUT2D eigenvalue weighted by Crippen LogP contribution is 2.67. The summed E-state index contributed by atoms with van der Waals surface area (Å²) >= 11 is 0. The average molecular weight is 1630 g/mol. The maximum absolute atomic E-state index is 2.44. The van der Waals surface area contributed by atoms with Crippen LogP contribution in [0.2, 0.25) is 0 Å². The molecule has 0 saturated heterocycles. The van der Waals surface area contributed by atoms with Crippen molar-refractivity contribution in [3.63, 3.8) is 0 Å². The summed E-state index contributed by atoms with van der Waals surface area (Å²) < 4.78 is 0. The molecule has 2 spiro atoms. The van der Waals surface area contributed by atoms with Gasteiger partial charge in [0.2, 0.25) is 0 Å². The maximum atomic E-state index is 2.44. The van der Waals surface area contributed by atoms with E-state index in [-0.39, 0.29) is 0 Å². The molecule has 2 heterocycles. The highest BCUT2D eigenvalue weighted by Gasteiger charge is 2.54. The van der Waals surface area contributed by atoms with Gasteiger partial charge in [-0.3, -0.25) is 0 Å². The van der Waals surface area contributed by atoms with Gasteiger partial charge in [-0.2, -0.15) is 0 Å². The highest BCUT2D eigenvalue weighted by atomic mass is 15.2. The van der Waals surface area contributed by atoms with E-state index in [0.717, 1.165) is 45.5 Å². The molecule has 0 saturated carbocycles. The second-order valence-electron chi connectivity index (χ2n) is 33.7. The molecule has 2 aliphatic heterocycles. The van der Waals surface area contributed by atoms with Crippen LogP contribution in [0.15, 0.2) is 510 Å². The zero-order chi connectivity index (χ0) is 84.6. The van der Waals surface area contributed by atoms with Crippen molar-refractivity contribution in [2.24, 2.45) is 0 Å². The van der Waals surface area contributed by atoms with E-state index in [0.29, 0.717) is 0 Å². The first-order valence-electron chi connectivity index (χ1n) is 44.3. The molecule has 4 heteroatoms. The molecular weight excluding hydrogens is 1550 g/mol. The first-order valence-corrected chi connectivity index (χ1v) is 44.3. The lowest BCUT2D eigenvalue weighted by Crippen LogP contribution is -2.36. The number of benzene rings is 21. The summed E-state index contributed by atoms with van der Waals surface area (Å²) in [5.41, 5.74) is 40.6. The summed E-state index contributed by atoms with van der Waals surface area (Å²) in [7, 11) is 0. The normalized spacial score (nSPS) is 12.9. The maximum Gasteiger partial charge on any atom is 0.0754 e. The molecule has 4 aliphatic rings. The summed E-state index contributed by atoms with van der Waals surface area (Å²) in [5, 5.41) is 4.79. The van der Waals surface area contributed by atoms with Crippen LogP contribution < -0.4 is 19.6 Å². The van der Waals surface area contributed by atoms with Crippen molar-refractivity contribution >= 4 is 89.8 Å². The molecule has 128 heavy (non-hydrogen) atoms. The predicted octanol–water partition coefficient (Wildman–Crippen LogP) is 33.2. The van der Waals surface area contributed by atoms with E-state index in [9.17, 15) is 0 Å². The third-order valence-electron chi connectivity index (χ3n) is 26.9. The van der Waals surface area contributed by atoms with Crippen LogP contribution in [0.4, 0.5) is 68.2 Å². The van der Waals surface area contributed by atoms with E-state index in [1.165, 1.54) is 167 Å². The lowest BCUT2D eigenvalue weighted by molar-refractivity contribution is 0.753. The van der Waals surface area contributed by atoms with Crippen LogP contribution in [-0.2, 0) is 10.8 Å². The van der Waals surface area contributed by atoms with E-state index in [1.807, 2.05) is 0 Å². The first-order chi connectivity index (χ1) is 63.5. The molecule has 2 aliphatic carbocycles. The van der Waals surface area contributed by atoms with Gasteiger partial charge in [0.05, 0.1) is 33.6 Å². The number of nitrogens with zero attached hydrogens (tertiary/aromatic N) is 4. The van der Waals surface area contributed by atoms with Crippen molar-refractivity contribution in [2.75, 3.05) is 19.6 Å². The number of hydrogen-bond acceptors (Lipinski definition) is 4. The van der Waals surface area contributed by atoms with Crippen molar-refractivity contribution in [2.45, 2.75) is 10.8 Å². The predicted molar refractivity (Wildman–Crippen MR) is 536 cm³/mol. The van der Waals surface area contributed by atoms with Gasteiger partial charge in [0.15, 0.2) is 0 Å². The Labute approximate surface area is 747 Å². The fourth-order valence-electron chi connectivity index (χ4n) is 21.4. The van der Waals surface area contributed by atoms with Crippen LogP contribution in [0, 0.1) is 0 Å². The zero-order valence-electron chi connectivity index (χ0n) is 70.3. The van der Waals surface area contributed by atoms with Crippen LogP contribution in [0.1, 0.15) is 44.5 Å². The average Bonchev–Trinajstić information content (AvgIpc) is 1.54. The van der Waals surface area contributed by atoms with Gasteiger partial charge in [-0.05, 0) is 277 Å². The van der Waals surface area contributed by atoms with E-state index >= 15 is 0 Å². The Morgan fingerprint density at radius 2 is 0.383 bits per heavy atom. The molecule has 0 N–H and O–H groups in total. The lowest BCUT2D eigenvalue weighted by Gasteiger charge is -2.45. The largest absolute Gasteiger partial charge is 0.310 e. The number of para-hydroxylation sites is 7. The molecule has 0 bridgehead atoms. The summed E-state index contributed by atoms with van der Waals surface area (Å²) in [4.78, 5) is 9.60. The Morgan fingerprint density at radius 3 is 0.727 bits per heavy atom. The third-order valence-corrected chi connectivity index (χ3v) is 26.9. The molecule has 0 fully saturated rings. The van der Waals surface area contributed by atoms with Crippen molar-refractivity contribution < 1.29 is 0 Å². The minimum Gasteiger partial charge on any atom is -0.310 e. The molecule has 21 aromatic rings. The van der Waals surface area contributed by atoms with Gasteiger partial charge in [-0.15, -0.1) is 0 Å². The van der Waals surface area contributed by atoms with Crippen LogP contribution in [-0.4, -0.2) is 0 Å². The molecule has 0 amide bonds. The van der Waals surface area contributed by atoms with Gasteiger partial charge >= 0.3 is 0 Å². The molecule has 21 aromatic carbocycles. The Balaban J connectivity index is 0.000000143. The summed E-state index contributed by atoms with van der Waals surface area (Å²) in [6, 6.07) is 187. The van der Waals surface area contributed by atoms with Crippen LogP contribution in [0.3, 0.4) is 0 Å². The highest BCUT2D eigenvalue weighted by molar-refractivity contribution is 6.05. The number of rotatable bonds is 13.